The van der Waals surface area contributed by atoms with Crippen LogP contribution in [0.1, 0.15) is 44.9 Å². The van der Waals surface area contributed by atoms with Gasteiger partial charge in [-0.15, -0.1) is 0 Å². The first-order chi connectivity index (χ1) is 14.0. The molecule has 1 saturated carbocycles. The molecule has 1 N–H and O–H groups in total. The van der Waals surface area contributed by atoms with Crippen molar-refractivity contribution in [1.82, 2.24) is 14.1 Å². The van der Waals surface area contributed by atoms with Crippen LogP contribution in [0.4, 0.5) is 13.2 Å². The molecule has 3 saturated heterocycles. The normalized spacial score (nSPS) is 28.2. The third-order valence-corrected chi connectivity index (χ3v) is 8.63. The summed E-state index contributed by atoms with van der Waals surface area (Å²) in [5.74, 6) is -2.54. The molecule has 1 amide bonds. The lowest BCUT2D eigenvalue weighted by Gasteiger charge is -2.40. The molecule has 0 bridgehead atoms. The SMILES string of the molecule is O=C(O)C(F)(F)F.O=C1CC[C@H]2[C@H](CCN2S(=O)(=O)C2CC2)N1CCN1CCCC1. The van der Waals surface area contributed by atoms with Crippen LogP contribution in [0, 0.1) is 0 Å². The molecular formula is C18H28F3N3O5S. The van der Waals surface area contributed by atoms with Crippen molar-refractivity contribution in [3.63, 3.8) is 0 Å². The third-order valence-electron chi connectivity index (χ3n) is 6.20. The van der Waals surface area contributed by atoms with E-state index in [2.05, 4.69) is 4.90 Å². The number of rotatable bonds is 5. The number of carbonyl (C=O) groups is 2. The van der Waals surface area contributed by atoms with E-state index in [-0.39, 0.29) is 23.2 Å². The number of sulfonamides is 1. The second-order valence-electron chi connectivity index (χ2n) is 8.26. The van der Waals surface area contributed by atoms with Crippen molar-refractivity contribution in [3.05, 3.63) is 0 Å². The summed E-state index contributed by atoms with van der Waals surface area (Å²) in [6.07, 6.45) is 1.07. The monoisotopic (exact) mass is 455 g/mol. The Kier molecular flexibility index (Phi) is 6.97. The van der Waals surface area contributed by atoms with Crippen LogP contribution in [0.25, 0.3) is 0 Å². The summed E-state index contributed by atoms with van der Waals surface area (Å²) in [6.45, 7) is 4.57. The first kappa shape index (κ1) is 23.3. The lowest BCUT2D eigenvalue weighted by atomic mass is 9.97. The third kappa shape index (κ3) is 5.25. The van der Waals surface area contributed by atoms with Crippen molar-refractivity contribution in [2.45, 2.75) is 68.5 Å². The number of piperidine rings is 1. The second kappa shape index (κ2) is 8.99. The highest BCUT2D eigenvalue weighted by Crippen LogP contribution is 2.39. The molecule has 0 aromatic rings. The van der Waals surface area contributed by atoms with Crippen molar-refractivity contribution < 1.29 is 36.3 Å². The number of fused-ring (bicyclic) bond motifs is 1. The van der Waals surface area contributed by atoms with E-state index in [1.165, 1.54) is 12.8 Å². The van der Waals surface area contributed by atoms with Gasteiger partial charge in [-0.05, 0) is 51.6 Å². The summed E-state index contributed by atoms with van der Waals surface area (Å²) in [4.78, 5) is 25.7. The lowest BCUT2D eigenvalue weighted by Crippen LogP contribution is -2.55. The van der Waals surface area contributed by atoms with Gasteiger partial charge >= 0.3 is 12.1 Å². The number of hydrogen-bond donors (Lipinski definition) is 1. The van der Waals surface area contributed by atoms with Crippen LogP contribution in [-0.4, -0.2) is 95.7 Å². The molecule has 4 fully saturated rings. The fourth-order valence-corrected chi connectivity index (χ4v) is 6.63. The van der Waals surface area contributed by atoms with Crippen molar-refractivity contribution in [2.75, 3.05) is 32.7 Å². The van der Waals surface area contributed by atoms with Gasteiger partial charge in [0, 0.05) is 38.1 Å². The Balaban J connectivity index is 0.000000318. The van der Waals surface area contributed by atoms with Gasteiger partial charge in [0.25, 0.3) is 0 Å². The number of hydrogen-bond acceptors (Lipinski definition) is 5. The van der Waals surface area contributed by atoms with E-state index in [0.29, 0.717) is 19.4 Å². The maximum Gasteiger partial charge on any atom is 0.490 e. The van der Waals surface area contributed by atoms with Crippen LogP contribution in [0.2, 0.25) is 0 Å². The molecular weight excluding hydrogens is 427 g/mol. The molecule has 4 rings (SSSR count). The first-order valence-corrected chi connectivity index (χ1v) is 11.8. The number of alkyl halides is 3. The number of nitrogens with zero attached hydrogens (tertiary/aromatic N) is 3. The van der Waals surface area contributed by atoms with Gasteiger partial charge in [0.2, 0.25) is 15.9 Å². The van der Waals surface area contributed by atoms with E-state index in [9.17, 15) is 26.4 Å². The Morgan fingerprint density at radius 2 is 1.60 bits per heavy atom. The van der Waals surface area contributed by atoms with Crippen LogP contribution in [-0.2, 0) is 19.6 Å². The minimum Gasteiger partial charge on any atom is -0.475 e. The molecule has 0 aromatic heterocycles. The predicted octanol–water partition coefficient (Wildman–Crippen LogP) is 1.27. The van der Waals surface area contributed by atoms with Crippen molar-refractivity contribution in [2.24, 2.45) is 0 Å². The summed E-state index contributed by atoms with van der Waals surface area (Å²) >= 11 is 0. The summed E-state index contributed by atoms with van der Waals surface area (Å²) < 4.78 is 58.7. The summed E-state index contributed by atoms with van der Waals surface area (Å²) in [5.41, 5.74) is 0. The Bertz CT molecular complexity index is 751. The standard InChI is InChI=1S/C16H27N3O3S.C2HF3O2/c20-16-6-5-15-14(18(16)12-11-17-8-1-2-9-17)7-10-19(15)23(21,22)13-3-4-13;3-2(4,5)1(6)7/h13-15H,1-12H2;(H,6,7)/t14-,15-;/m0./s1. The topological polar surface area (TPSA) is 98.2 Å². The number of carboxylic acid groups (broad SMARTS) is 1. The molecule has 4 aliphatic rings. The molecule has 30 heavy (non-hydrogen) atoms. The van der Waals surface area contributed by atoms with Crippen LogP contribution in [0.15, 0.2) is 0 Å². The van der Waals surface area contributed by atoms with Crippen molar-refractivity contribution in [1.29, 1.82) is 0 Å². The van der Waals surface area contributed by atoms with Gasteiger partial charge in [-0.3, -0.25) is 4.79 Å². The fraction of sp³-hybridized carbons (Fsp3) is 0.889. The molecule has 1 aliphatic carbocycles. The minimum absolute atomic E-state index is 0.0249. The smallest absolute Gasteiger partial charge is 0.475 e. The van der Waals surface area contributed by atoms with Gasteiger partial charge in [-0.25, -0.2) is 13.2 Å². The zero-order valence-corrected chi connectivity index (χ0v) is 17.5. The average molecular weight is 455 g/mol. The van der Waals surface area contributed by atoms with E-state index >= 15 is 0 Å². The Labute approximate surface area is 174 Å². The molecule has 3 aliphatic heterocycles. The molecule has 0 spiro atoms. The maximum atomic E-state index is 12.6. The van der Waals surface area contributed by atoms with Crippen molar-refractivity contribution >= 4 is 21.9 Å². The number of carboxylic acids is 1. The molecule has 3 heterocycles. The van der Waals surface area contributed by atoms with Gasteiger partial charge in [0.05, 0.1) is 5.25 Å². The van der Waals surface area contributed by atoms with E-state index in [4.69, 9.17) is 9.90 Å². The highest BCUT2D eigenvalue weighted by molar-refractivity contribution is 7.90. The number of carbonyl (C=O) groups excluding carboxylic acids is 1. The van der Waals surface area contributed by atoms with Crippen LogP contribution < -0.4 is 0 Å². The van der Waals surface area contributed by atoms with Gasteiger partial charge in [0.1, 0.15) is 0 Å². The zero-order chi connectivity index (χ0) is 22.1. The largest absolute Gasteiger partial charge is 0.490 e. The molecule has 0 unspecified atom stereocenters. The quantitative estimate of drug-likeness (QED) is 0.671. The first-order valence-electron chi connectivity index (χ1n) is 10.3. The van der Waals surface area contributed by atoms with Gasteiger partial charge in [-0.2, -0.15) is 17.5 Å². The van der Waals surface area contributed by atoms with Gasteiger partial charge in [0.15, 0.2) is 0 Å². The number of aliphatic carboxylic acids is 1. The van der Waals surface area contributed by atoms with E-state index in [1.807, 2.05) is 4.90 Å². The lowest BCUT2D eigenvalue weighted by molar-refractivity contribution is -0.192. The van der Waals surface area contributed by atoms with E-state index in [1.54, 1.807) is 4.31 Å². The van der Waals surface area contributed by atoms with Gasteiger partial charge in [-0.1, -0.05) is 0 Å². The predicted molar refractivity (Wildman–Crippen MR) is 101 cm³/mol. The summed E-state index contributed by atoms with van der Waals surface area (Å²) in [6, 6.07) is 0.129. The number of likely N-dealkylation sites (tertiary alicyclic amines) is 2. The summed E-state index contributed by atoms with van der Waals surface area (Å²) in [5, 5.41) is 6.98. The minimum atomic E-state index is -5.08. The zero-order valence-electron chi connectivity index (χ0n) is 16.7. The fourth-order valence-electron chi connectivity index (χ4n) is 4.53. The van der Waals surface area contributed by atoms with Crippen LogP contribution in [0.5, 0.6) is 0 Å². The average Bonchev–Trinajstić information content (AvgIpc) is 3.23. The molecule has 172 valence electrons. The molecule has 12 heteroatoms. The van der Waals surface area contributed by atoms with Crippen LogP contribution >= 0.6 is 0 Å². The second-order valence-corrected chi connectivity index (χ2v) is 10.4. The summed E-state index contributed by atoms with van der Waals surface area (Å²) in [7, 11) is -3.12. The molecule has 8 nitrogen and oxygen atoms in total. The van der Waals surface area contributed by atoms with E-state index < -0.39 is 22.2 Å². The Morgan fingerprint density at radius 3 is 2.13 bits per heavy atom. The highest BCUT2D eigenvalue weighted by atomic mass is 32.2. The van der Waals surface area contributed by atoms with Crippen LogP contribution in [0.3, 0.4) is 0 Å². The van der Waals surface area contributed by atoms with E-state index in [0.717, 1.165) is 45.4 Å². The van der Waals surface area contributed by atoms with Gasteiger partial charge < -0.3 is 14.9 Å². The highest BCUT2D eigenvalue weighted by Gasteiger charge is 2.51. The maximum absolute atomic E-state index is 12.6. The molecule has 0 aromatic carbocycles. The Morgan fingerprint density at radius 1 is 1.00 bits per heavy atom. The Hall–Kier alpha value is -1.40. The number of amides is 1. The van der Waals surface area contributed by atoms with Crippen molar-refractivity contribution in [3.8, 4) is 0 Å². The molecule has 0 radical (unpaired) electrons. The molecule has 2 atom stereocenters. The number of halogens is 3.